The second kappa shape index (κ2) is 21.5. The van der Waals surface area contributed by atoms with Crippen LogP contribution in [0, 0.1) is 0 Å². The van der Waals surface area contributed by atoms with Crippen molar-refractivity contribution in [3.8, 4) is 23.0 Å². The van der Waals surface area contributed by atoms with Crippen LogP contribution in [0.3, 0.4) is 0 Å². The third-order valence-corrected chi connectivity index (χ3v) is 14.0. The van der Waals surface area contributed by atoms with E-state index in [1.165, 1.54) is 11.1 Å². The number of rotatable bonds is 12. The number of benzene rings is 4. The van der Waals surface area contributed by atoms with E-state index in [2.05, 4.69) is 132 Å². The van der Waals surface area contributed by atoms with Crippen LogP contribution in [0.15, 0.2) is 48.5 Å². The second-order valence-electron chi connectivity index (χ2n) is 24.0. The predicted octanol–water partition coefficient (Wildman–Crippen LogP) is 13.6. The van der Waals surface area contributed by atoms with Crippen molar-refractivity contribution in [3.63, 3.8) is 0 Å². The largest absolute Gasteiger partial charge is 0.507 e. The van der Waals surface area contributed by atoms with Gasteiger partial charge in [-0.15, -0.1) is 0 Å². The molecule has 8 nitrogen and oxygen atoms in total. The number of phenolic OH excluding ortho intramolecular Hbond substituents is 2. The Hall–Kier alpha value is -4.08. The molecule has 4 aromatic carbocycles. The van der Waals surface area contributed by atoms with Crippen molar-refractivity contribution in [1.82, 2.24) is 0 Å². The van der Waals surface area contributed by atoms with E-state index in [4.69, 9.17) is 28.4 Å². The van der Waals surface area contributed by atoms with Gasteiger partial charge in [0, 0.05) is 51.7 Å². The fraction of sp³-hybridized carbons (Fsp3) is 0.600. The van der Waals surface area contributed by atoms with Gasteiger partial charge < -0.3 is 38.6 Å². The molecule has 2 unspecified atom stereocenters. The first-order valence-electron chi connectivity index (χ1n) is 25.8. The molecule has 372 valence electrons. The Labute approximate surface area is 409 Å². The van der Waals surface area contributed by atoms with E-state index in [1.54, 1.807) is 0 Å². The maximum atomic E-state index is 12.7. The molecule has 2 aliphatic heterocycles. The van der Waals surface area contributed by atoms with Gasteiger partial charge in [0.2, 0.25) is 0 Å². The van der Waals surface area contributed by atoms with Crippen molar-refractivity contribution in [1.29, 1.82) is 0 Å². The van der Waals surface area contributed by atoms with Crippen LogP contribution in [-0.2, 0) is 66.3 Å². The molecule has 8 bridgehead atoms. The molecule has 8 heteroatoms. The summed E-state index contributed by atoms with van der Waals surface area (Å²) in [5.41, 5.74) is 11.4. The normalized spacial score (nSPS) is 18.4. The quantitative estimate of drug-likeness (QED) is 0.119. The fourth-order valence-electron chi connectivity index (χ4n) is 9.60. The molecule has 2 saturated heterocycles. The van der Waals surface area contributed by atoms with E-state index in [0.29, 0.717) is 76.5 Å². The lowest BCUT2D eigenvalue weighted by Crippen LogP contribution is -2.23. The van der Waals surface area contributed by atoms with Crippen LogP contribution >= 0.6 is 0 Å². The molecule has 2 heterocycles. The standard InChI is InChI=1S/C60H84O8/c1-57(2,3)47-31-39-27-43-35-49(59(7,8)9)37-45(55(43)67-25-17-23-65-51-19-13-15-21-63-51)29-41-33-48(58(4,5)6)34-42(54(41)62)30-46-38-50(60(10,11)12)36-44(28-40(32-47)53(39)61)56(46)68-26-18-24-66-52-20-14-16-22-64-52/h31-38,51-52,61-62H,13-30H2,1-12H3. The van der Waals surface area contributed by atoms with Crippen LogP contribution in [0.5, 0.6) is 23.0 Å². The van der Waals surface area contributed by atoms with E-state index in [0.717, 1.165) is 119 Å². The minimum Gasteiger partial charge on any atom is -0.507 e. The minimum absolute atomic E-state index is 0.155. The summed E-state index contributed by atoms with van der Waals surface area (Å²) in [4.78, 5) is 0. The SMILES string of the molecule is CC(C)(C)c1cc2c(O)c(c1)Cc1cc(C(C)(C)C)cc(c1OCCCOC1CCCCO1)Cc1cc(C(C)(C)C)cc(c1O)Cc1cc(C(C)(C)C)cc(c1OCCCOC1CCCCO1)C2. The summed E-state index contributed by atoms with van der Waals surface area (Å²) in [5, 5.41) is 25.3. The number of phenols is 2. The zero-order valence-corrected chi connectivity index (χ0v) is 43.8. The van der Waals surface area contributed by atoms with Gasteiger partial charge in [0.05, 0.1) is 26.4 Å². The average Bonchev–Trinajstić information content (AvgIpc) is 3.26. The maximum Gasteiger partial charge on any atom is 0.157 e. The minimum atomic E-state index is -0.192. The van der Waals surface area contributed by atoms with Gasteiger partial charge in [-0.05, 0) is 127 Å². The first-order valence-corrected chi connectivity index (χ1v) is 25.8. The van der Waals surface area contributed by atoms with Crippen LogP contribution in [0.25, 0.3) is 0 Å². The Kier molecular flexibility index (Phi) is 16.4. The van der Waals surface area contributed by atoms with E-state index in [-0.39, 0.29) is 34.2 Å². The number of hydrogen-bond acceptors (Lipinski definition) is 8. The third kappa shape index (κ3) is 13.2. The Bertz CT molecular complexity index is 2080. The van der Waals surface area contributed by atoms with Gasteiger partial charge in [-0.1, -0.05) is 132 Å². The molecule has 0 radical (unpaired) electrons. The third-order valence-electron chi connectivity index (χ3n) is 14.0. The summed E-state index contributed by atoms with van der Waals surface area (Å²) in [6, 6.07) is 17.9. The van der Waals surface area contributed by atoms with E-state index >= 15 is 0 Å². The molecule has 2 atom stereocenters. The Morgan fingerprint density at radius 1 is 0.412 bits per heavy atom. The van der Waals surface area contributed by atoms with Crippen molar-refractivity contribution in [2.75, 3.05) is 39.6 Å². The summed E-state index contributed by atoms with van der Waals surface area (Å²) < 4.78 is 37.9. The zero-order chi connectivity index (χ0) is 49.0. The number of ether oxygens (including phenoxy) is 6. The molecule has 68 heavy (non-hydrogen) atoms. The van der Waals surface area contributed by atoms with Crippen molar-refractivity contribution in [2.24, 2.45) is 0 Å². The highest BCUT2D eigenvalue weighted by molar-refractivity contribution is 5.59. The Morgan fingerprint density at radius 3 is 0.941 bits per heavy atom. The van der Waals surface area contributed by atoms with E-state index in [9.17, 15) is 10.2 Å². The van der Waals surface area contributed by atoms with Crippen LogP contribution in [0.1, 0.15) is 201 Å². The van der Waals surface area contributed by atoms with Crippen molar-refractivity contribution < 1.29 is 38.6 Å². The molecule has 0 spiro atoms. The van der Waals surface area contributed by atoms with Gasteiger partial charge in [-0.3, -0.25) is 0 Å². The number of aromatic hydroxyl groups is 2. The average molecular weight is 933 g/mol. The first kappa shape index (κ1) is 51.8. The number of hydrogen-bond donors (Lipinski definition) is 2. The van der Waals surface area contributed by atoms with Gasteiger partial charge in [0.1, 0.15) is 23.0 Å². The van der Waals surface area contributed by atoms with Gasteiger partial charge in [-0.25, -0.2) is 0 Å². The van der Waals surface area contributed by atoms with Gasteiger partial charge >= 0.3 is 0 Å². The topological polar surface area (TPSA) is 95.8 Å². The number of fused-ring (bicyclic) bond motifs is 8. The Balaban J connectivity index is 1.40. The van der Waals surface area contributed by atoms with Crippen LogP contribution < -0.4 is 9.47 Å². The molecule has 7 rings (SSSR count). The highest BCUT2D eigenvalue weighted by Gasteiger charge is 2.29. The summed E-state index contributed by atoms with van der Waals surface area (Å²) >= 11 is 0. The lowest BCUT2D eigenvalue weighted by molar-refractivity contribution is -0.163. The molecule has 2 fully saturated rings. The van der Waals surface area contributed by atoms with Crippen molar-refractivity contribution in [2.45, 2.75) is 194 Å². The maximum absolute atomic E-state index is 12.7. The molecule has 2 N–H and O–H groups in total. The summed E-state index contributed by atoms with van der Waals surface area (Å²) in [6.45, 7) is 30.4. The smallest absolute Gasteiger partial charge is 0.157 e. The molecule has 0 aromatic heterocycles. The molecule has 3 aliphatic rings. The van der Waals surface area contributed by atoms with Gasteiger partial charge in [0.15, 0.2) is 12.6 Å². The molecule has 1 aliphatic carbocycles. The van der Waals surface area contributed by atoms with Gasteiger partial charge in [-0.2, -0.15) is 0 Å². The monoisotopic (exact) mass is 933 g/mol. The fourth-order valence-corrected chi connectivity index (χ4v) is 9.60. The summed E-state index contributed by atoms with van der Waals surface area (Å²) in [5.74, 6) is 2.20. The van der Waals surface area contributed by atoms with E-state index in [1.807, 2.05) is 0 Å². The first-order chi connectivity index (χ1) is 32.0. The van der Waals surface area contributed by atoms with E-state index < -0.39 is 0 Å². The highest BCUT2D eigenvalue weighted by atomic mass is 16.7. The van der Waals surface area contributed by atoms with Crippen molar-refractivity contribution in [3.05, 3.63) is 115 Å². The summed E-state index contributed by atoms with van der Waals surface area (Å²) in [7, 11) is 0. The van der Waals surface area contributed by atoms with Crippen LogP contribution in [-0.4, -0.2) is 62.4 Å². The molecule has 4 aromatic rings. The molecular weight excluding hydrogens is 849 g/mol. The predicted molar refractivity (Wildman–Crippen MR) is 274 cm³/mol. The molecular formula is C60H84O8. The Morgan fingerprint density at radius 2 is 0.691 bits per heavy atom. The highest BCUT2D eigenvalue weighted by Crippen LogP contribution is 2.44. The second-order valence-corrected chi connectivity index (χ2v) is 24.0. The van der Waals surface area contributed by atoms with Crippen LogP contribution in [0.2, 0.25) is 0 Å². The molecule has 0 amide bonds. The molecule has 0 saturated carbocycles. The lowest BCUT2D eigenvalue weighted by Gasteiger charge is -2.28. The lowest BCUT2D eigenvalue weighted by atomic mass is 9.79. The van der Waals surface area contributed by atoms with Gasteiger partial charge in [0.25, 0.3) is 0 Å². The van der Waals surface area contributed by atoms with Crippen molar-refractivity contribution >= 4 is 0 Å². The zero-order valence-electron chi connectivity index (χ0n) is 43.8. The summed E-state index contributed by atoms with van der Waals surface area (Å²) in [6.07, 6.45) is 9.17. The van der Waals surface area contributed by atoms with Crippen LogP contribution in [0.4, 0.5) is 0 Å².